The Morgan fingerprint density at radius 2 is 0.860 bits per heavy atom. The molecule has 280 valence electrons. The molecule has 0 aromatic carbocycles. The quantitative estimate of drug-likeness (QED) is 0.0367. The number of ether oxygens (including phenoxy) is 5. The van der Waals surface area contributed by atoms with Crippen LogP contribution in [0.2, 0.25) is 0 Å². The first kappa shape index (κ1) is 44.0. The van der Waals surface area contributed by atoms with Crippen molar-refractivity contribution in [3.8, 4) is 0 Å². The van der Waals surface area contributed by atoms with Crippen molar-refractivity contribution in [1.29, 1.82) is 0 Å². The van der Waals surface area contributed by atoms with Gasteiger partial charge >= 0.3 is 29.8 Å². The van der Waals surface area contributed by atoms with Crippen molar-refractivity contribution in [2.75, 3.05) is 33.0 Å². The Kier molecular flexibility index (Phi) is 18.7. The SMILES string of the molecule is C=C(CC)CC(CC(=C)C(=O)OCC)(C(C)=O)C(=O)OCC1CCC(COC(=O)C(CC(=C)CC)(CC(=C)C(=O)OCC)C(=O)OCC)CC1. The number of ketones is 1. The van der Waals surface area contributed by atoms with E-state index in [1.807, 2.05) is 13.8 Å². The molecule has 1 saturated carbocycles. The maximum absolute atomic E-state index is 13.8. The van der Waals surface area contributed by atoms with E-state index in [1.165, 1.54) is 6.92 Å². The third-order valence-electron chi connectivity index (χ3n) is 9.25. The van der Waals surface area contributed by atoms with Crippen molar-refractivity contribution in [2.24, 2.45) is 22.7 Å². The minimum Gasteiger partial charge on any atom is -0.465 e. The van der Waals surface area contributed by atoms with Crippen LogP contribution in [-0.4, -0.2) is 68.7 Å². The molecule has 0 aliphatic heterocycles. The van der Waals surface area contributed by atoms with Crippen LogP contribution in [0.1, 0.15) is 106 Å². The van der Waals surface area contributed by atoms with Gasteiger partial charge in [-0.2, -0.15) is 0 Å². The first-order valence-corrected chi connectivity index (χ1v) is 17.6. The number of allylic oxidation sites excluding steroid dienone is 2. The first-order chi connectivity index (χ1) is 23.6. The van der Waals surface area contributed by atoms with E-state index in [-0.39, 0.29) is 81.7 Å². The van der Waals surface area contributed by atoms with Crippen LogP contribution in [0.15, 0.2) is 48.6 Å². The number of carbonyl (C=O) groups is 6. The van der Waals surface area contributed by atoms with Gasteiger partial charge in [-0.25, -0.2) is 9.59 Å². The van der Waals surface area contributed by atoms with Crippen LogP contribution in [0.3, 0.4) is 0 Å². The topological polar surface area (TPSA) is 149 Å². The molecule has 1 aliphatic carbocycles. The predicted octanol–water partition coefficient (Wildman–Crippen LogP) is 6.74. The molecule has 1 fully saturated rings. The zero-order chi connectivity index (χ0) is 38.1. The highest BCUT2D eigenvalue weighted by Gasteiger charge is 2.51. The number of rotatable bonds is 23. The number of Topliss-reactive ketones (excluding diaryl/α,β-unsaturated/α-hetero) is 1. The van der Waals surface area contributed by atoms with E-state index in [0.717, 1.165) is 0 Å². The molecule has 1 aliphatic rings. The van der Waals surface area contributed by atoms with Gasteiger partial charge in [0.2, 0.25) is 0 Å². The summed E-state index contributed by atoms with van der Waals surface area (Å²) in [5.74, 6) is -4.21. The summed E-state index contributed by atoms with van der Waals surface area (Å²) in [5, 5.41) is 0. The molecule has 11 heteroatoms. The van der Waals surface area contributed by atoms with Crippen LogP contribution in [-0.2, 0) is 52.5 Å². The van der Waals surface area contributed by atoms with E-state index in [0.29, 0.717) is 49.7 Å². The molecule has 11 nitrogen and oxygen atoms in total. The Hall–Kier alpha value is -4.02. The molecular formula is C39H58O11. The molecular weight excluding hydrogens is 644 g/mol. The van der Waals surface area contributed by atoms with Gasteiger partial charge in [-0.3, -0.25) is 19.2 Å². The second-order valence-corrected chi connectivity index (χ2v) is 13.1. The van der Waals surface area contributed by atoms with E-state index in [4.69, 9.17) is 23.7 Å². The van der Waals surface area contributed by atoms with E-state index in [2.05, 4.69) is 26.3 Å². The van der Waals surface area contributed by atoms with Crippen molar-refractivity contribution in [3.05, 3.63) is 48.6 Å². The number of esters is 5. The fraction of sp³-hybridized carbons (Fsp3) is 0.641. The first-order valence-electron chi connectivity index (χ1n) is 17.6. The highest BCUT2D eigenvalue weighted by atomic mass is 16.6. The molecule has 0 amide bonds. The van der Waals surface area contributed by atoms with Gasteiger partial charge in [0.25, 0.3) is 0 Å². The molecule has 2 atom stereocenters. The second-order valence-electron chi connectivity index (χ2n) is 13.1. The van der Waals surface area contributed by atoms with Gasteiger partial charge in [-0.1, -0.05) is 51.3 Å². The fourth-order valence-electron chi connectivity index (χ4n) is 5.97. The normalized spacial score (nSPS) is 17.9. The lowest BCUT2D eigenvalue weighted by Gasteiger charge is -2.33. The molecule has 0 heterocycles. The summed E-state index contributed by atoms with van der Waals surface area (Å²) in [6.07, 6.45) is 3.06. The lowest BCUT2D eigenvalue weighted by molar-refractivity contribution is -0.174. The van der Waals surface area contributed by atoms with Gasteiger partial charge < -0.3 is 23.7 Å². The summed E-state index contributed by atoms with van der Waals surface area (Å²) in [7, 11) is 0. The molecule has 1 rings (SSSR count). The number of carbonyl (C=O) groups excluding carboxylic acids is 6. The van der Waals surface area contributed by atoms with Crippen LogP contribution in [0.25, 0.3) is 0 Å². The van der Waals surface area contributed by atoms with Crippen LogP contribution >= 0.6 is 0 Å². The number of hydrogen-bond donors (Lipinski definition) is 0. The van der Waals surface area contributed by atoms with Crippen LogP contribution in [0, 0.1) is 22.7 Å². The molecule has 0 bridgehead atoms. The Morgan fingerprint density at radius 1 is 0.520 bits per heavy atom. The minimum absolute atomic E-state index is 0.00222. The molecule has 2 unspecified atom stereocenters. The minimum atomic E-state index is -1.84. The van der Waals surface area contributed by atoms with Crippen molar-refractivity contribution >= 4 is 35.6 Å². The number of hydrogen-bond acceptors (Lipinski definition) is 11. The van der Waals surface area contributed by atoms with Crippen LogP contribution in [0.4, 0.5) is 0 Å². The standard InChI is InChI=1S/C39H58O11/c1-11-26(6)20-38(30(10)40,22-28(8)33(41)46-13-3)35(43)49-24-31-16-18-32(19-17-31)25-50-37(45)39(21-27(7)12-2,36(44)48-15-5)23-29(9)34(42)47-14-4/h31-32H,6-9,11-25H2,1-5,10H3. The van der Waals surface area contributed by atoms with Gasteiger partial charge in [-0.15, -0.1) is 0 Å². The Balaban J connectivity index is 3.02. The maximum Gasteiger partial charge on any atom is 0.333 e. The van der Waals surface area contributed by atoms with Crippen molar-refractivity contribution in [2.45, 2.75) is 106 Å². The second kappa shape index (κ2) is 21.3. The smallest absolute Gasteiger partial charge is 0.333 e. The lowest BCUT2D eigenvalue weighted by Crippen LogP contribution is -2.44. The molecule has 0 N–H and O–H groups in total. The van der Waals surface area contributed by atoms with Crippen molar-refractivity contribution in [3.63, 3.8) is 0 Å². The molecule has 50 heavy (non-hydrogen) atoms. The fourth-order valence-corrected chi connectivity index (χ4v) is 5.97. The maximum atomic E-state index is 13.8. The summed E-state index contributed by atoms with van der Waals surface area (Å²) in [6.45, 7) is 25.8. The van der Waals surface area contributed by atoms with E-state index < -0.39 is 46.5 Å². The van der Waals surface area contributed by atoms with Gasteiger partial charge in [0.05, 0.1) is 33.0 Å². The van der Waals surface area contributed by atoms with E-state index in [1.54, 1.807) is 20.8 Å². The molecule has 0 aromatic heterocycles. The molecule has 0 spiro atoms. The van der Waals surface area contributed by atoms with Crippen LogP contribution < -0.4 is 0 Å². The average molecular weight is 703 g/mol. The van der Waals surface area contributed by atoms with Gasteiger partial charge in [0.15, 0.2) is 5.41 Å². The predicted molar refractivity (Wildman–Crippen MR) is 188 cm³/mol. The highest BCUT2D eigenvalue weighted by Crippen LogP contribution is 2.40. The van der Waals surface area contributed by atoms with Crippen LogP contribution in [0.5, 0.6) is 0 Å². The highest BCUT2D eigenvalue weighted by molar-refractivity contribution is 6.05. The summed E-state index contributed by atoms with van der Waals surface area (Å²) < 4.78 is 26.9. The van der Waals surface area contributed by atoms with Crippen molar-refractivity contribution < 1.29 is 52.5 Å². The average Bonchev–Trinajstić information content (AvgIpc) is 3.08. The van der Waals surface area contributed by atoms with Gasteiger partial charge in [0.1, 0.15) is 11.2 Å². The summed E-state index contributed by atoms with van der Waals surface area (Å²) >= 11 is 0. The third kappa shape index (κ3) is 12.4. The molecule has 0 saturated heterocycles. The monoisotopic (exact) mass is 702 g/mol. The van der Waals surface area contributed by atoms with Gasteiger partial charge in [0, 0.05) is 24.0 Å². The molecule has 0 aromatic rings. The zero-order valence-electron chi connectivity index (χ0n) is 31.1. The molecule has 0 radical (unpaired) electrons. The summed E-state index contributed by atoms with van der Waals surface area (Å²) in [5.41, 5.74) is -2.25. The van der Waals surface area contributed by atoms with E-state index >= 15 is 0 Å². The third-order valence-corrected chi connectivity index (χ3v) is 9.25. The lowest BCUT2D eigenvalue weighted by atomic mass is 9.73. The Labute approximate surface area is 297 Å². The largest absolute Gasteiger partial charge is 0.465 e. The summed E-state index contributed by atoms with van der Waals surface area (Å²) in [4.78, 5) is 78.5. The summed E-state index contributed by atoms with van der Waals surface area (Å²) in [6, 6.07) is 0. The Bertz CT molecular complexity index is 1290. The Morgan fingerprint density at radius 3 is 1.22 bits per heavy atom. The van der Waals surface area contributed by atoms with Crippen molar-refractivity contribution in [1.82, 2.24) is 0 Å². The van der Waals surface area contributed by atoms with E-state index in [9.17, 15) is 28.8 Å². The van der Waals surface area contributed by atoms with Gasteiger partial charge in [-0.05, 0) is 90.9 Å². The zero-order valence-corrected chi connectivity index (χ0v) is 31.1.